The van der Waals surface area contributed by atoms with Crippen LogP contribution < -0.4 is 16.4 Å². The van der Waals surface area contributed by atoms with Gasteiger partial charge in [-0.25, -0.2) is 0 Å². The van der Waals surface area contributed by atoms with Crippen molar-refractivity contribution in [3.63, 3.8) is 0 Å². The third-order valence-electron chi connectivity index (χ3n) is 8.14. The lowest BCUT2D eigenvalue weighted by atomic mass is 10.1. The first kappa shape index (κ1) is 42.9. The van der Waals surface area contributed by atoms with Crippen LogP contribution in [0.3, 0.4) is 0 Å². The molecule has 0 spiro atoms. The Morgan fingerprint density at radius 3 is 1.44 bits per heavy atom. The molecule has 1 atom stereocenters. The number of hydrogen-bond donors (Lipinski definition) is 3. The van der Waals surface area contributed by atoms with E-state index < -0.39 is 6.04 Å². The lowest BCUT2D eigenvalue weighted by Crippen LogP contribution is -2.47. The number of nitrogens with two attached hydrogens (primary N) is 1. The maximum absolute atomic E-state index is 12.6. The summed E-state index contributed by atoms with van der Waals surface area (Å²) in [6.07, 6.45) is 46.6. The van der Waals surface area contributed by atoms with Crippen LogP contribution in [0.5, 0.6) is 0 Å². The lowest BCUT2D eigenvalue weighted by molar-refractivity contribution is -0.129. The molecular formula is C40H73N3O2. The molecule has 0 aromatic rings. The summed E-state index contributed by atoms with van der Waals surface area (Å²) in [6.45, 7) is 5.53. The summed E-state index contributed by atoms with van der Waals surface area (Å²) >= 11 is 0. The van der Waals surface area contributed by atoms with Crippen molar-refractivity contribution in [2.24, 2.45) is 5.73 Å². The molecule has 0 radical (unpaired) electrons. The van der Waals surface area contributed by atoms with Gasteiger partial charge in [0.1, 0.15) is 6.04 Å². The second kappa shape index (κ2) is 36.3. The summed E-state index contributed by atoms with van der Waals surface area (Å²) in [5, 5.41) is 5.93. The van der Waals surface area contributed by atoms with E-state index in [2.05, 4.69) is 73.1 Å². The van der Waals surface area contributed by atoms with E-state index in [0.29, 0.717) is 25.9 Å². The van der Waals surface area contributed by atoms with E-state index in [1.165, 1.54) is 96.3 Å². The Labute approximate surface area is 279 Å². The molecule has 0 rings (SSSR count). The average molecular weight is 628 g/mol. The third kappa shape index (κ3) is 33.0. The van der Waals surface area contributed by atoms with Gasteiger partial charge in [-0.3, -0.25) is 9.59 Å². The molecule has 5 nitrogen and oxygen atoms in total. The zero-order valence-corrected chi connectivity index (χ0v) is 29.7. The van der Waals surface area contributed by atoms with Crippen molar-refractivity contribution < 1.29 is 9.59 Å². The molecule has 260 valence electrons. The highest BCUT2D eigenvalue weighted by molar-refractivity contribution is 5.87. The Morgan fingerprint density at radius 1 is 0.556 bits per heavy atom. The molecule has 1 unspecified atom stereocenters. The maximum Gasteiger partial charge on any atom is 0.242 e. The SMILES string of the molecule is CCCCCC=CCC=CCCCCCCCCNC(=O)C(CCN)NC(=O)CCCCCCCC=CCC=CCCCCC. The van der Waals surface area contributed by atoms with Crippen molar-refractivity contribution in [3.05, 3.63) is 48.6 Å². The molecule has 0 aromatic heterocycles. The zero-order chi connectivity index (χ0) is 32.9. The van der Waals surface area contributed by atoms with E-state index in [-0.39, 0.29) is 11.8 Å². The molecule has 0 aliphatic carbocycles. The van der Waals surface area contributed by atoms with Gasteiger partial charge in [0.05, 0.1) is 0 Å². The van der Waals surface area contributed by atoms with Crippen molar-refractivity contribution in [3.8, 4) is 0 Å². The first-order valence-electron chi connectivity index (χ1n) is 19.0. The minimum Gasteiger partial charge on any atom is -0.354 e. The van der Waals surface area contributed by atoms with Crippen LogP contribution in [0, 0.1) is 0 Å². The molecule has 0 bridgehead atoms. The number of nitrogens with one attached hydrogen (secondary N) is 2. The number of hydrogen-bond acceptors (Lipinski definition) is 3. The van der Waals surface area contributed by atoms with Crippen molar-refractivity contribution in [1.29, 1.82) is 0 Å². The number of allylic oxidation sites excluding steroid dienone is 8. The van der Waals surface area contributed by atoms with E-state index in [0.717, 1.165) is 51.4 Å². The molecule has 0 aromatic carbocycles. The van der Waals surface area contributed by atoms with Gasteiger partial charge in [-0.2, -0.15) is 0 Å². The highest BCUT2D eigenvalue weighted by Crippen LogP contribution is 2.10. The molecule has 2 amide bonds. The molecule has 0 aliphatic rings. The summed E-state index contributed by atoms with van der Waals surface area (Å²) in [4.78, 5) is 25.1. The summed E-state index contributed by atoms with van der Waals surface area (Å²) in [5.41, 5.74) is 5.73. The standard InChI is InChI=1S/C40H73N3O2/c1-3-5-7-9-11-13-15-17-19-21-23-25-27-29-31-33-37-42-40(45)38(35-36-41)43-39(44)34-32-30-28-26-24-22-20-18-16-14-12-10-8-6-4-2/h11-14,17-20,38H,3-10,15-16,21-37,41H2,1-2H3,(H,42,45)(H,43,44). The molecule has 0 saturated heterocycles. The number of carbonyl (C=O) groups excluding carboxylic acids is 2. The van der Waals surface area contributed by atoms with E-state index in [1.807, 2.05) is 0 Å². The smallest absolute Gasteiger partial charge is 0.242 e. The van der Waals surface area contributed by atoms with E-state index in [1.54, 1.807) is 0 Å². The average Bonchev–Trinajstić information content (AvgIpc) is 3.04. The molecule has 45 heavy (non-hydrogen) atoms. The lowest BCUT2D eigenvalue weighted by Gasteiger charge is -2.18. The van der Waals surface area contributed by atoms with Gasteiger partial charge in [-0.1, -0.05) is 133 Å². The first-order chi connectivity index (χ1) is 22.2. The molecule has 0 heterocycles. The van der Waals surface area contributed by atoms with E-state index in [4.69, 9.17) is 5.73 Å². The third-order valence-corrected chi connectivity index (χ3v) is 8.14. The molecule has 0 fully saturated rings. The van der Waals surface area contributed by atoms with E-state index in [9.17, 15) is 9.59 Å². The minimum atomic E-state index is -0.523. The largest absolute Gasteiger partial charge is 0.354 e. The van der Waals surface area contributed by atoms with Gasteiger partial charge in [0.25, 0.3) is 0 Å². The topological polar surface area (TPSA) is 84.2 Å². The van der Waals surface area contributed by atoms with Crippen LogP contribution in [0.1, 0.15) is 174 Å². The fraction of sp³-hybridized carbons (Fsp3) is 0.750. The maximum atomic E-state index is 12.6. The van der Waals surface area contributed by atoms with Crippen LogP contribution in [0.4, 0.5) is 0 Å². The van der Waals surface area contributed by atoms with Gasteiger partial charge in [-0.05, 0) is 90.0 Å². The van der Waals surface area contributed by atoms with Crippen molar-refractivity contribution in [2.45, 2.75) is 180 Å². The summed E-state index contributed by atoms with van der Waals surface area (Å²) < 4.78 is 0. The Kier molecular flexibility index (Phi) is 34.6. The molecule has 4 N–H and O–H groups in total. The normalized spacial score (nSPS) is 12.7. The van der Waals surface area contributed by atoms with Gasteiger partial charge in [0.15, 0.2) is 0 Å². The van der Waals surface area contributed by atoms with E-state index >= 15 is 0 Å². The van der Waals surface area contributed by atoms with Crippen LogP contribution in [-0.2, 0) is 9.59 Å². The zero-order valence-electron chi connectivity index (χ0n) is 29.7. The molecule has 5 heteroatoms. The van der Waals surface area contributed by atoms with Crippen LogP contribution in [0.25, 0.3) is 0 Å². The molecule has 0 saturated carbocycles. The first-order valence-corrected chi connectivity index (χ1v) is 19.0. The van der Waals surface area contributed by atoms with Crippen LogP contribution >= 0.6 is 0 Å². The van der Waals surface area contributed by atoms with Gasteiger partial charge < -0.3 is 16.4 Å². The summed E-state index contributed by atoms with van der Waals surface area (Å²) in [6, 6.07) is -0.523. The van der Waals surface area contributed by atoms with Crippen LogP contribution in [-0.4, -0.2) is 30.9 Å². The number of amides is 2. The highest BCUT2D eigenvalue weighted by atomic mass is 16.2. The monoisotopic (exact) mass is 628 g/mol. The van der Waals surface area contributed by atoms with Crippen molar-refractivity contribution in [2.75, 3.05) is 13.1 Å². The quantitative estimate of drug-likeness (QED) is 0.0500. The van der Waals surface area contributed by atoms with Gasteiger partial charge in [0.2, 0.25) is 11.8 Å². The van der Waals surface area contributed by atoms with Gasteiger partial charge in [-0.15, -0.1) is 0 Å². The van der Waals surface area contributed by atoms with Crippen LogP contribution in [0.15, 0.2) is 48.6 Å². The molecule has 0 aliphatic heterocycles. The van der Waals surface area contributed by atoms with Crippen molar-refractivity contribution in [1.82, 2.24) is 10.6 Å². The number of carbonyl (C=O) groups is 2. The Morgan fingerprint density at radius 2 is 0.978 bits per heavy atom. The molecular weight excluding hydrogens is 554 g/mol. The fourth-order valence-electron chi connectivity index (χ4n) is 5.25. The van der Waals surface area contributed by atoms with Gasteiger partial charge >= 0.3 is 0 Å². The predicted octanol–water partition coefficient (Wildman–Crippen LogP) is 10.6. The van der Waals surface area contributed by atoms with Crippen molar-refractivity contribution >= 4 is 11.8 Å². The Hall–Kier alpha value is -2.14. The minimum absolute atomic E-state index is 0.0389. The number of unbranched alkanes of at least 4 members (excludes halogenated alkanes) is 17. The highest BCUT2D eigenvalue weighted by Gasteiger charge is 2.19. The fourth-order valence-corrected chi connectivity index (χ4v) is 5.25. The Bertz CT molecular complexity index is 772. The van der Waals surface area contributed by atoms with Gasteiger partial charge in [0, 0.05) is 13.0 Å². The number of rotatable bonds is 33. The van der Waals surface area contributed by atoms with Crippen LogP contribution in [0.2, 0.25) is 0 Å². The Balaban J connectivity index is 3.75. The second-order valence-electron chi connectivity index (χ2n) is 12.6. The second-order valence-corrected chi connectivity index (χ2v) is 12.6. The predicted molar refractivity (Wildman–Crippen MR) is 197 cm³/mol. The summed E-state index contributed by atoms with van der Waals surface area (Å²) in [7, 11) is 0. The summed E-state index contributed by atoms with van der Waals surface area (Å²) in [5.74, 6) is -0.139.